The second kappa shape index (κ2) is 8.98. The van der Waals surface area contributed by atoms with Crippen molar-refractivity contribution in [2.45, 2.75) is 36.4 Å². The van der Waals surface area contributed by atoms with Gasteiger partial charge in [0.15, 0.2) is 0 Å². The minimum absolute atomic E-state index is 0.0872. The van der Waals surface area contributed by atoms with E-state index in [1.807, 2.05) is 6.26 Å². The summed E-state index contributed by atoms with van der Waals surface area (Å²) >= 11 is 1.41. The molecule has 1 fully saturated rings. The van der Waals surface area contributed by atoms with Crippen molar-refractivity contribution in [1.82, 2.24) is 4.98 Å². The number of ketones is 1. The first kappa shape index (κ1) is 22.0. The molecule has 2 N–H and O–H groups in total. The Bertz CT molecular complexity index is 1030. The summed E-state index contributed by atoms with van der Waals surface area (Å²) < 4.78 is 38.9. The number of Topliss-reactive ketones (excluding diaryl/α,β-unsaturated/α-hetero) is 1. The molecule has 1 aliphatic carbocycles. The number of hydrogen-bond acceptors (Lipinski definition) is 6. The number of carbonyl (C=O) groups is 1. The van der Waals surface area contributed by atoms with E-state index in [4.69, 9.17) is 11.0 Å². The van der Waals surface area contributed by atoms with Crippen molar-refractivity contribution in [3.63, 3.8) is 0 Å². The highest BCUT2D eigenvalue weighted by Crippen LogP contribution is 2.36. The Morgan fingerprint density at radius 2 is 2.07 bits per heavy atom. The topological polar surface area (TPSA) is 92.1 Å². The quantitative estimate of drug-likeness (QED) is 0.698. The van der Waals surface area contributed by atoms with E-state index in [-0.39, 0.29) is 11.5 Å². The lowest BCUT2D eigenvalue weighted by Gasteiger charge is -2.29. The van der Waals surface area contributed by atoms with Gasteiger partial charge in [-0.25, -0.2) is 0 Å². The third kappa shape index (κ3) is 4.71. The molecule has 2 aromatic rings. The van der Waals surface area contributed by atoms with E-state index >= 15 is 0 Å². The van der Waals surface area contributed by atoms with Gasteiger partial charge in [-0.05, 0) is 48.9 Å². The van der Waals surface area contributed by atoms with Gasteiger partial charge in [-0.3, -0.25) is 14.8 Å². The standard InChI is InChI=1S/C21H19F3N4OS/c1-30-17-9-12(11-25)5-6-14(17)20(26)19-15(3-2-4-16(19)29)28-13-7-8-27-18(10-13)21(22,23)24/h5-10,19-20H,2-4,26H2,1H3. The predicted octanol–water partition coefficient (Wildman–Crippen LogP) is 4.84. The number of aliphatic imine (C=N–C) groups is 1. The summed E-state index contributed by atoms with van der Waals surface area (Å²) in [4.78, 5) is 21.2. The van der Waals surface area contributed by atoms with Crippen LogP contribution in [0.5, 0.6) is 0 Å². The highest BCUT2D eigenvalue weighted by molar-refractivity contribution is 7.98. The van der Waals surface area contributed by atoms with Gasteiger partial charge in [0.25, 0.3) is 0 Å². The molecule has 1 aromatic carbocycles. The molecule has 156 valence electrons. The van der Waals surface area contributed by atoms with Crippen LogP contribution >= 0.6 is 11.8 Å². The van der Waals surface area contributed by atoms with Crippen LogP contribution in [-0.2, 0) is 11.0 Å². The fourth-order valence-corrected chi connectivity index (χ4v) is 4.20. The number of nitriles is 1. The lowest BCUT2D eigenvalue weighted by atomic mass is 9.78. The fraction of sp³-hybridized carbons (Fsp3) is 0.333. The van der Waals surface area contributed by atoms with Gasteiger partial charge in [-0.1, -0.05) is 6.07 Å². The summed E-state index contributed by atoms with van der Waals surface area (Å²) in [6.45, 7) is 0. The Hall–Kier alpha value is -2.70. The normalized spacial score (nSPS) is 19.5. The number of nitrogens with zero attached hydrogens (tertiary/aromatic N) is 3. The number of alkyl halides is 3. The van der Waals surface area contributed by atoms with Gasteiger partial charge >= 0.3 is 6.18 Å². The maximum absolute atomic E-state index is 13.0. The molecule has 9 heteroatoms. The van der Waals surface area contributed by atoms with E-state index < -0.39 is 23.8 Å². The van der Waals surface area contributed by atoms with E-state index in [1.165, 1.54) is 17.8 Å². The molecule has 5 nitrogen and oxygen atoms in total. The first-order chi connectivity index (χ1) is 14.2. The molecule has 0 radical (unpaired) electrons. The number of nitrogens with two attached hydrogens (primary N) is 1. The molecule has 1 aromatic heterocycles. The maximum atomic E-state index is 13.0. The Kier molecular flexibility index (Phi) is 6.58. The van der Waals surface area contributed by atoms with E-state index in [0.717, 1.165) is 17.2 Å². The summed E-state index contributed by atoms with van der Waals surface area (Å²) in [7, 11) is 0. The molecule has 3 rings (SSSR count). The number of aromatic nitrogens is 1. The number of benzene rings is 1. The van der Waals surface area contributed by atoms with E-state index in [9.17, 15) is 18.0 Å². The van der Waals surface area contributed by atoms with E-state index in [1.54, 1.807) is 18.2 Å². The zero-order valence-electron chi connectivity index (χ0n) is 16.1. The molecular weight excluding hydrogens is 413 g/mol. The summed E-state index contributed by atoms with van der Waals surface area (Å²) in [5.74, 6) is -0.825. The lowest BCUT2D eigenvalue weighted by Crippen LogP contribution is -2.37. The van der Waals surface area contributed by atoms with E-state index in [2.05, 4.69) is 16.0 Å². The highest BCUT2D eigenvalue weighted by Gasteiger charge is 2.36. The largest absolute Gasteiger partial charge is 0.433 e. The van der Waals surface area contributed by atoms with Gasteiger partial charge in [0.2, 0.25) is 0 Å². The number of carbonyl (C=O) groups excluding carboxylic acids is 1. The van der Waals surface area contributed by atoms with Gasteiger partial charge in [0, 0.05) is 29.3 Å². The number of hydrogen-bond donors (Lipinski definition) is 1. The third-order valence-corrected chi connectivity index (χ3v) is 5.74. The minimum Gasteiger partial charge on any atom is -0.323 e. The summed E-state index contributed by atoms with van der Waals surface area (Å²) in [5, 5.41) is 9.11. The van der Waals surface area contributed by atoms with Crippen LogP contribution in [0.1, 0.15) is 42.1 Å². The Morgan fingerprint density at radius 1 is 1.30 bits per heavy atom. The summed E-state index contributed by atoms with van der Waals surface area (Å²) in [6.07, 6.45) is -0.301. The maximum Gasteiger partial charge on any atom is 0.433 e. The van der Waals surface area contributed by atoms with Crippen LogP contribution in [0.4, 0.5) is 18.9 Å². The first-order valence-corrected chi connectivity index (χ1v) is 10.4. The second-order valence-electron chi connectivity index (χ2n) is 6.89. The van der Waals surface area contributed by atoms with Crippen LogP contribution in [0.25, 0.3) is 0 Å². The van der Waals surface area contributed by atoms with Gasteiger partial charge in [0.1, 0.15) is 11.5 Å². The van der Waals surface area contributed by atoms with Gasteiger partial charge < -0.3 is 5.73 Å². The van der Waals surface area contributed by atoms with Crippen LogP contribution in [-0.4, -0.2) is 22.7 Å². The summed E-state index contributed by atoms with van der Waals surface area (Å²) in [5.41, 5.74) is 7.19. The number of pyridine rings is 1. The van der Waals surface area contributed by atoms with Crippen LogP contribution in [0.15, 0.2) is 46.4 Å². The molecule has 1 saturated carbocycles. The van der Waals surface area contributed by atoms with Crippen molar-refractivity contribution in [2.24, 2.45) is 16.6 Å². The van der Waals surface area contributed by atoms with Gasteiger partial charge in [-0.2, -0.15) is 18.4 Å². The molecule has 0 amide bonds. The van der Waals surface area contributed by atoms with Crippen molar-refractivity contribution in [1.29, 1.82) is 5.26 Å². The average Bonchev–Trinajstić information content (AvgIpc) is 2.72. The van der Waals surface area contributed by atoms with Crippen molar-refractivity contribution < 1.29 is 18.0 Å². The Balaban J connectivity index is 2.01. The number of halogens is 3. The SMILES string of the molecule is CSc1cc(C#N)ccc1C(N)C1C(=O)CCCC1=Nc1ccnc(C(F)(F)F)c1. The molecule has 30 heavy (non-hydrogen) atoms. The lowest BCUT2D eigenvalue weighted by molar-refractivity contribution is -0.141. The van der Waals surface area contributed by atoms with Gasteiger partial charge in [-0.15, -0.1) is 11.8 Å². The van der Waals surface area contributed by atoms with Crippen LogP contribution in [0.3, 0.4) is 0 Å². The Labute approximate surface area is 176 Å². The average molecular weight is 432 g/mol. The molecule has 1 heterocycles. The second-order valence-corrected chi connectivity index (χ2v) is 7.74. The third-order valence-electron chi connectivity index (χ3n) is 4.95. The van der Waals surface area contributed by atoms with Crippen molar-refractivity contribution >= 4 is 28.9 Å². The van der Waals surface area contributed by atoms with Crippen LogP contribution in [0.2, 0.25) is 0 Å². The minimum atomic E-state index is -4.58. The molecule has 0 aliphatic heterocycles. The Morgan fingerprint density at radius 3 is 2.73 bits per heavy atom. The number of rotatable bonds is 4. The zero-order valence-corrected chi connectivity index (χ0v) is 16.9. The van der Waals surface area contributed by atoms with Crippen molar-refractivity contribution in [3.8, 4) is 6.07 Å². The predicted molar refractivity (Wildman–Crippen MR) is 109 cm³/mol. The monoisotopic (exact) mass is 432 g/mol. The molecule has 0 spiro atoms. The molecular formula is C21H19F3N4OS. The van der Waals surface area contributed by atoms with Crippen LogP contribution < -0.4 is 5.73 Å². The fourth-order valence-electron chi connectivity index (χ4n) is 3.52. The van der Waals surface area contributed by atoms with Crippen molar-refractivity contribution in [2.75, 3.05) is 6.26 Å². The molecule has 2 atom stereocenters. The molecule has 0 saturated heterocycles. The molecule has 0 bridgehead atoms. The van der Waals surface area contributed by atoms with Crippen molar-refractivity contribution in [3.05, 3.63) is 53.3 Å². The molecule has 1 aliphatic rings. The van der Waals surface area contributed by atoms with Gasteiger partial charge in [0.05, 0.1) is 23.2 Å². The van der Waals surface area contributed by atoms with E-state index in [0.29, 0.717) is 36.1 Å². The highest BCUT2D eigenvalue weighted by atomic mass is 32.2. The number of thioether (sulfide) groups is 1. The van der Waals surface area contributed by atoms with Crippen LogP contribution in [0, 0.1) is 17.2 Å². The molecule has 2 unspecified atom stereocenters. The summed E-state index contributed by atoms with van der Waals surface area (Å²) in [6, 6.07) is 8.67. The zero-order chi connectivity index (χ0) is 21.9. The first-order valence-electron chi connectivity index (χ1n) is 9.21. The smallest absolute Gasteiger partial charge is 0.323 e.